The molecule has 0 saturated heterocycles. The molecule has 1 aliphatic heterocycles. The van der Waals surface area contributed by atoms with Crippen LogP contribution in [0.2, 0.25) is 0 Å². The molecular weight excluding hydrogens is 454 g/mol. The summed E-state index contributed by atoms with van der Waals surface area (Å²) in [6, 6.07) is 24.9. The summed E-state index contributed by atoms with van der Waals surface area (Å²) in [5.74, 6) is 0.359. The fourth-order valence-electron chi connectivity index (χ4n) is 4.92. The molecule has 7 nitrogen and oxygen atoms in total. The van der Waals surface area contributed by atoms with E-state index in [0.717, 1.165) is 35.5 Å². The molecule has 6 rings (SSSR count). The van der Waals surface area contributed by atoms with Gasteiger partial charge in [-0.25, -0.2) is 0 Å². The molecule has 2 amide bonds. The van der Waals surface area contributed by atoms with E-state index in [1.165, 1.54) is 0 Å². The minimum absolute atomic E-state index is 0.00948. The van der Waals surface area contributed by atoms with Crippen LogP contribution in [0.25, 0.3) is 5.69 Å². The van der Waals surface area contributed by atoms with Gasteiger partial charge in [0.2, 0.25) is 11.8 Å². The number of anilines is 1. The van der Waals surface area contributed by atoms with E-state index in [2.05, 4.69) is 4.57 Å². The van der Waals surface area contributed by atoms with E-state index in [1.807, 2.05) is 85.1 Å². The zero-order valence-electron chi connectivity index (χ0n) is 19.8. The van der Waals surface area contributed by atoms with Gasteiger partial charge in [-0.1, -0.05) is 42.5 Å². The number of benzene rings is 2. The Bertz CT molecular complexity index is 1360. The second-order valence-electron chi connectivity index (χ2n) is 9.20. The molecule has 2 aromatic carbocycles. The molecule has 0 N–H and O–H groups in total. The second kappa shape index (κ2) is 9.51. The molecule has 0 radical (unpaired) electrons. The molecule has 1 aliphatic carbocycles. The highest BCUT2D eigenvalue weighted by Gasteiger charge is 2.40. The van der Waals surface area contributed by atoms with Crippen LogP contribution in [0.3, 0.4) is 0 Å². The Labute approximate surface area is 209 Å². The van der Waals surface area contributed by atoms with Crippen LogP contribution in [0.5, 0.6) is 0 Å². The van der Waals surface area contributed by atoms with Crippen LogP contribution in [-0.4, -0.2) is 40.5 Å². The fourth-order valence-corrected chi connectivity index (χ4v) is 4.92. The van der Waals surface area contributed by atoms with Gasteiger partial charge >= 0.3 is 0 Å². The zero-order valence-corrected chi connectivity index (χ0v) is 19.8. The molecule has 0 bridgehead atoms. The van der Waals surface area contributed by atoms with Crippen LogP contribution in [0.1, 0.15) is 35.9 Å². The predicted octanol–water partition coefficient (Wildman–Crippen LogP) is 4.71. The molecule has 0 spiro atoms. The summed E-state index contributed by atoms with van der Waals surface area (Å²) in [7, 11) is 0. The number of amides is 2. The first-order valence-corrected chi connectivity index (χ1v) is 12.2. The van der Waals surface area contributed by atoms with E-state index < -0.39 is 6.04 Å². The molecule has 1 saturated carbocycles. The number of para-hydroxylation sites is 2. The predicted molar refractivity (Wildman–Crippen MR) is 135 cm³/mol. The number of ether oxygens (including phenoxy) is 1. The summed E-state index contributed by atoms with van der Waals surface area (Å²) in [5.41, 5.74) is 3.65. The van der Waals surface area contributed by atoms with Crippen LogP contribution in [0.4, 0.5) is 5.69 Å². The quantitative estimate of drug-likeness (QED) is 0.365. The maximum absolute atomic E-state index is 14.0. The lowest BCUT2D eigenvalue weighted by Crippen LogP contribution is -2.48. The van der Waals surface area contributed by atoms with Crippen molar-refractivity contribution >= 4 is 17.5 Å². The van der Waals surface area contributed by atoms with Crippen molar-refractivity contribution in [3.63, 3.8) is 0 Å². The van der Waals surface area contributed by atoms with E-state index in [4.69, 9.17) is 9.15 Å². The van der Waals surface area contributed by atoms with Crippen LogP contribution in [0, 0.1) is 0 Å². The first kappa shape index (κ1) is 22.4. The Morgan fingerprint density at radius 3 is 2.44 bits per heavy atom. The third-order valence-electron chi connectivity index (χ3n) is 6.75. The lowest BCUT2D eigenvalue weighted by molar-refractivity contribution is -0.140. The normalized spacial score (nSPS) is 16.3. The standard InChI is InChI=1S/C29H27N3O4/c33-27(18-31(22-14-15-22)28(34)20-35-19-21-8-2-1-3-9-21)32-24-11-5-4-10-23(24)30-16-6-12-25(30)29(32)26-13-7-17-36-26/h1-13,16-17,22,29H,14-15,18-20H2. The van der Waals surface area contributed by atoms with Crippen molar-refractivity contribution in [1.82, 2.24) is 9.47 Å². The van der Waals surface area contributed by atoms with E-state index in [9.17, 15) is 9.59 Å². The van der Waals surface area contributed by atoms with Gasteiger partial charge in [-0.2, -0.15) is 0 Å². The zero-order chi connectivity index (χ0) is 24.5. The summed E-state index contributed by atoms with van der Waals surface area (Å²) < 4.78 is 13.6. The van der Waals surface area contributed by atoms with Crippen molar-refractivity contribution in [2.75, 3.05) is 18.1 Å². The smallest absolute Gasteiger partial charge is 0.249 e. The van der Waals surface area contributed by atoms with Gasteiger partial charge in [-0.15, -0.1) is 0 Å². The number of hydrogen-bond acceptors (Lipinski definition) is 4. The monoisotopic (exact) mass is 481 g/mol. The molecule has 3 heterocycles. The maximum Gasteiger partial charge on any atom is 0.249 e. The molecule has 4 aromatic rings. The average Bonchev–Trinajstić information content (AvgIpc) is 3.37. The highest BCUT2D eigenvalue weighted by Crippen LogP contribution is 2.42. The maximum atomic E-state index is 14.0. The largest absolute Gasteiger partial charge is 0.467 e. The first-order valence-electron chi connectivity index (χ1n) is 12.2. The van der Waals surface area contributed by atoms with Gasteiger partial charge in [0.15, 0.2) is 0 Å². The van der Waals surface area contributed by atoms with Gasteiger partial charge < -0.3 is 18.6 Å². The number of nitrogens with zero attached hydrogens (tertiary/aromatic N) is 3. The van der Waals surface area contributed by atoms with E-state index in [0.29, 0.717) is 12.4 Å². The molecule has 1 unspecified atom stereocenters. The molecule has 7 heteroatoms. The van der Waals surface area contributed by atoms with E-state index in [-0.39, 0.29) is 31.0 Å². The average molecular weight is 482 g/mol. The molecule has 2 aliphatic rings. The third kappa shape index (κ3) is 4.22. The molecule has 36 heavy (non-hydrogen) atoms. The second-order valence-corrected chi connectivity index (χ2v) is 9.20. The minimum atomic E-state index is -0.428. The van der Waals surface area contributed by atoms with Gasteiger partial charge in [0.25, 0.3) is 0 Å². The molecule has 1 atom stereocenters. The summed E-state index contributed by atoms with van der Waals surface area (Å²) in [4.78, 5) is 30.6. The number of rotatable bonds is 8. The SMILES string of the molecule is O=C(COCc1ccccc1)N(CC(=O)N1c2ccccc2-n2cccc2C1c1ccco1)C1CC1. The number of fused-ring (bicyclic) bond motifs is 3. The van der Waals surface area contributed by atoms with Crippen molar-refractivity contribution in [1.29, 1.82) is 0 Å². The minimum Gasteiger partial charge on any atom is -0.467 e. The lowest BCUT2D eigenvalue weighted by Gasteiger charge is -2.38. The number of furan rings is 1. The number of carbonyl (C=O) groups excluding carboxylic acids is 2. The summed E-state index contributed by atoms with van der Waals surface area (Å²) in [6.07, 6.45) is 5.42. The highest BCUT2D eigenvalue weighted by atomic mass is 16.5. The molecule has 2 aromatic heterocycles. The van der Waals surface area contributed by atoms with Crippen LogP contribution in [-0.2, 0) is 20.9 Å². The Hall–Kier alpha value is -4.10. The Morgan fingerprint density at radius 2 is 1.69 bits per heavy atom. The number of aromatic nitrogens is 1. The summed E-state index contributed by atoms with van der Waals surface area (Å²) in [5, 5.41) is 0. The fraction of sp³-hybridized carbons (Fsp3) is 0.241. The molecule has 182 valence electrons. The van der Waals surface area contributed by atoms with E-state index >= 15 is 0 Å². The highest BCUT2D eigenvalue weighted by molar-refractivity contribution is 6.00. The third-order valence-corrected chi connectivity index (χ3v) is 6.75. The molecule has 1 fully saturated rings. The van der Waals surface area contributed by atoms with Crippen LogP contribution >= 0.6 is 0 Å². The summed E-state index contributed by atoms with van der Waals surface area (Å²) >= 11 is 0. The number of hydrogen-bond donors (Lipinski definition) is 0. The molecular formula is C29H27N3O4. The van der Waals surface area contributed by atoms with Gasteiger partial charge in [0.05, 0.1) is 29.9 Å². The Kier molecular flexibility index (Phi) is 5.91. The first-order chi connectivity index (χ1) is 17.7. The van der Waals surface area contributed by atoms with Gasteiger partial charge in [-0.3, -0.25) is 14.5 Å². The van der Waals surface area contributed by atoms with Crippen molar-refractivity contribution in [2.45, 2.75) is 31.5 Å². The van der Waals surface area contributed by atoms with Gasteiger partial charge in [-0.05, 0) is 54.8 Å². The van der Waals surface area contributed by atoms with Crippen LogP contribution in [0.15, 0.2) is 95.7 Å². The topological polar surface area (TPSA) is 67.9 Å². The van der Waals surface area contributed by atoms with Crippen molar-refractivity contribution in [3.05, 3.63) is 108 Å². The van der Waals surface area contributed by atoms with Gasteiger partial charge in [0.1, 0.15) is 25.0 Å². The van der Waals surface area contributed by atoms with Crippen LogP contribution < -0.4 is 4.90 Å². The van der Waals surface area contributed by atoms with Crippen molar-refractivity contribution in [3.8, 4) is 5.69 Å². The number of carbonyl (C=O) groups is 2. The van der Waals surface area contributed by atoms with Gasteiger partial charge in [0, 0.05) is 12.2 Å². The van der Waals surface area contributed by atoms with Crippen molar-refractivity contribution in [2.24, 2.45) is 0 Å². The van der Waals surface area contributed by atoms with E-state index in [1.54, 1.807) is 16.1 Å². The Morgan fingerprint density at radius 1 is 0.917 bits per heavy atom. The summed E-state index contributed by atoms with van der Waals surface area (Å²) in [6.45, 7) is 0.292. The lowest BCUT2D eigenvalue weighted by atomic mass is 10.0. The Balaban J connectivity index is 1.25. The van der Waals surface area contributed by atoms with Crippen molar-refractivity contribution < 1.29 is 18.7 Å².